The van der Waals surface area contributed by atoms with E-state index in [2.05, 4.69) is 10.3 Å². The number of pyridine rings is 1. The molecule has 0 spiro atoms. The summed E-state index contributed by atoms with van der Waals surface area (Å²) < 4.78 is 18.7. The van der Waals surface area contributed by atoms with Crippen LogP contribution in [-0.4, -0.2) is 43.0 Å². The maximum absolute atomic E-state index is 13.3. The Hall–Kier alpha value is -2.63. The number of benzene rings is 1. The smallest absolute Gasteiger partial charge is 0.254 e. The molecule has 1 aromatic heterocycles. The lowest BCUT2D eigenvalue weighted by molar-refractivity contribution is 0.0827. The largest absolute Gasteiger partial charge is 0.490 e. The van der Waals surface area contributed by atoms with Gasteiger partial charge in [-0.25, -0.2) is 9.37 Å². The number of rotatable bonds is 7. The quantitative estimate of drug-likeness (QED) is 0.798. The van der Waals surface area contributed by atoms with Gasteiger partial charge in [0.1, 0.15) is 5.82 Å². The molecule has 23 heavy (non-hydrogen) atoms. The average molecular weight is 317 g/mol. The standard InChI is InChI=1S/C17H20FN3O2/c1-21(2)17(22)13-8-9-16(20-12-13)19-10-5-11-23-15-7-4-3-6-14(15)18/h3-4,6-9,12H,5,10-11H2,1-2H3,(H,19,20). The van der Waals surface area contributed by atoms with E-state index in [0.29, 0.717) is 31.0 Å². The minimum atomic E-state index is -0.358. The van der Waals surface area contributed by atoms with Crippen molar-refractivity contribution in [3.05, 3.63) is 54.0 Å². The summed E-state index contributed by atoms with van der Waals surface area (Å²) in [6.45, 7) is 1.05. The van der Waals surface area contributed by atoms with E-state index in [4.69, 9.17) is 4.74 Å². The lowest BCUT2D eigenvalue weighted by atomic mass is 10.2. The van der Waals surface area contributed by atoms with Gasteiger partial charge in [-0.05, 0) is 30.7 Å². The number of hydrogen-bond donors (Lipinski definition) is 1. The van der Waals surface area contributed by atoms with E-state index >= 15 is 0 Å². The Morgan fingerprint density at radius 2 is 2.04 bits per heavy atom. The zero-order valence-electron chi connectivity index (χ0n) is 13.3. The normalized spacial score (nSPS) is 10.2. The van der Waals surface area contributed by atoms with Crippen LogP contribution in [0.25, 0.3) is 0 Å². The molecule has 0 saturated heterocycles. The van der Waals surface area contributed by atoms with Crippen molar-refractivity contribution in [1.29, 1.82) is 0 Å². The summed E-state index contributed by atoms with van der Waals surface area (Å²) in [5.41, 5.74) is 0.545. The first-order valence-electron chi connectivity index (χ1n) is 7.37. The summed E-state index contributed by atoms with van der Waals surface area (Å²) >= 11 is 0. The first-order chi connectivity index (χ1) is 11.1. The molecule has 0 aliphatic carbocycles. The molecule has 1 N–H and O–H groups in total. The minimum Gasteiger partial charge on any atom is -0.490 e. The number of carbonyl (C=O) groups is 1. The molecule has 6 heteroatoms. The van der Waals surface area contributed by atoms with Crippen molar-refractivity contribution >= 4 is 11.7 Å². The summed E-state index contributed by atoms with van der Waals surface area (Å²) in [6, 6.07) is 9.82. The minimum absolute atomic E-state index is 0.0812. The Labute approximate surface area is 135 Å². The molecule has 0 aliphatic heterocycles. The van der Waals surface area contributed by atoms with Crippen LogP contribution in [0.4, 0.5) is 10.2 Å². The van der Waals surface area contributed by atoms with Crippen LogP contribution < -0.4 is 10.1 Å². The van der Waals surface area contributed by atoms with Crippen molar-refractivity contribution in [1.82, 2.24) is 9.88 Å². The Morgan fingerprint density at radius 3 is 2.70 bits per heavy atom. The van der Waals surface area contributed by atoms with Gasteiger partial charge in [-0.1, -0.05) is 12.1 Å². The van der Waals surface area contributed by atoms with Crippen molar-refractivity contribution < 1.29 is 13.9 Å². The first-order valence-corrected chi connectivity index (χ1v) is 7.37. The molecule has 0 saturated carbocycles. The molecule has 0 unspecified atom stereocenters. The molecule has 1 heterocycles. The van der Waals surface area contributed by atoms with Gasteiger partial charge in [0.05, 0.1) is 12.2 Å². The van der Waals surface area contributed by atoms with E-state index < -0.39 is 0 Å². The molecular weight excluding hydrogens is 297 g/mol. The number of halogens is 1. The number of nitrogens with one attached hydrogen (secondary N) is 1. The second-order valence-corrected chi connectivity index (χ2v) is 5.19. The maximum Gasteiger partial charge on any atom is 0.254 e. The highest BCUT2D eigenvalue weighted by Gasteiger charge is 2.07. The Kier molecular flexibility index (Phi) is 5.91. The third-order valence-electron chi connectivity index (χ3n) is 3.14. The van der Waals surface area contributed by atoms with Gasteiger partial charge in [0.25, 0.3) is 5.91 Å². The molecule has 2 rings (SSSR count). The van der Waals surface area contributed by atoms with Gasteiger partial charge in [0.2, 0.25) is 0 Å². The monoisotopic (exact) mass is 317 g/mol. The van der Waals surface area contributed by atoms with Crippen LogP contribution in [0.15, 0.2) is 42.6 Å². The molecule has 0 radical (unpaired) electrons. The number of hydrogen-bond acceptors (Lipinski definition) is 4. The van der Waals surface area contributed by atoms with Gasteiger partial charge in [-0.3, -0.25) is 4.79 Å². The lowest BCUT2D eigenvalue weighted by Gasteiger charge is -2.11. The lowest BCUT2D eigenvalue weighted by Crippen LogP contribution is -2.21. The second kappa shape index (κ2) is 8.12. The number of carbonyl (C=O) groups excluding carboxylic acids is 1. The van der Waals surface area contributed by atoms with Crippen LogP contribution in [-0.2, 0) is 0 Å². The van der Waals surface area contributed by atoms with Gasteiger partial charge in [0, 0.05) is 26.8 Å². The molecule has 0 bridgehead atoms. The summed E-state index contributed by atoms with van der Waals surface area (Å²) in [6.07, 6.45) is 2.24. The second-order valence-electron chi connectivity index (χ2n) is 5.19. The van der Waals surface area contributed by atoms with Crippen LogP contribution in [0.2, 0.25) is 0 Å². The molecule has 1 amide bonds. The van der Waals surface area contributed by atoms with E-state index in [0.717, 1.165) is 0 Å². The van der Waals surface area contributed by atoms with Gasteiger partial charge in [-0.15, -0.1) is 0 Å². The van der Waals surface area contributed by atoms with Crippen LogP contribution >= 0.6 is 0 Å². The maximum atomic E-state index is 13.3. The molecule has 0 aliphatic rings. The highest BCUT2D eigenvalue weighted by molar-refractivity contribution is 5.93. The fourth-order valence-corrected chi connectivity index (χ4v) is 1.92. The van der Waals surface area contributed by atoms with Gasteiger partial charge >= 0.3 is 0 Å². The number of amides is 1. The summed E-state index contributed by atoms with van der Waals surface area (Å²) in [7, 11) is 3.40. The van der Waals surface area contributed by atoms with E-state index in [-0.39, 0.29) is 17.5 Å². The number of nitrogens with zero attached hydrogens (tertiary/aromatic N) is 2. The molecule has 5 nitrogen and oxygen atoms in total. The number of para-hydroxylation sites is 1. The van der Waals surface area contributed by atoms with E-state index in [1.165, 1.54) is 11.0 Å². The fourth-order valence-electron chi connectivity index (χ4n) is 1.92. The van der Waals surface area contributed by atoms with E-state index in [1.54, 1.807) is 50.6 Å². The zero-order chi connectivity index (χ0) is 16.7. The Balaban J connectivity index is 1.72. The first kappa shape index (κ1) is 16.7. The van der Waals surface area contributed by atoms with E-state index in [1.807, 2.05) is 0 Å². The van der Waals surface area contributed by atoms with Crippen LogP contribution in [0.3, 0.4) is 0 Å². The van der Waals surface area contributed by atoms with Crippen molar-refractivity contribution in [3.63, 3.8) is 0 Å². The highest BCUT2D eigenvalue weighted by atomic mass is 19.1. The molecule has 0 atom stereocenters. The molecule has 1 aromatic carbocycles. The van der Waals surface area contributed by atoms with Crippen LogP contribution in [0.5, 0.6) is 5.75 Å². The van der Waals surface area contributed by atoms with Gasteiger partial charge in [-0.2, -0.15) is 0 Å². The number of anilines is 1. The van der Waals surface area contributed by atoms with Crippen molar-refractivity contribution in [2.24, 2.45) is 0 Å². The topological polar surface area (TPSA) is 54.5 Å². The summed E-state index contributed by atoms with van der Waals surface area (Å²) in [4.78, 5) is 17.4. The number of aromatic nitrogens is 1. The fraction of sp³-hybridized carbons (Fsp3) is 0.294. The predicted octanol–water partition coefficient (Wildman–Crippen LogP) is 2.80. The third-order valence-corrected chi connectivity index (χ3v) is 3.14. The number of ether oxygens (including phenoxy) is 1. The van der Waals surface area contributed by atoms with Crippen molar-refractivity contribution in [2.45, 2.75) is 6.42 Å². The summed E-state index contributed by atoms with van der Waals surface area (Å²) in [5, 5.41) is 3.13. The van der Waals surface area contributed by atoms with Gasteiger partial charge < -0.3 is 15.0 Å². The van der Waals surface area contributed by atoms with Crippen LogP contribution in [0, 0.1) is 5.82 Å². The van der Waals surface area contributed by atoms with Gasteiger partial charge in [0.15, 0.2) is 11.6 Å². The molecular formula is C17H20FN3O2. The van der Waals surface area contributed by atoms with Crippen LogP contribution in [0.1, 0.15) is 16.8 Å². The summed E-state index contributed by atoms with van der Waals surface area (Å²) in [5.74, 6) is 0.508. The van der Waals surface area contributed by atoms with E-state index in [9.17, 15) is 9.18 Å². The Bertz CT molecular complexity index is 645. The molecule has 0 fully saturated rings. The zero-order valence-corrected chi connectivity index (χ0v) is 13.3. The third kappa shape index (κ3) is 4.95. The molecule has 2 aromatic rings. The molecule has 122 valence electrons. The predicted molar refractivity (Wildman–Crippen MR) is 87.3 cm³/mol. The van der Waals surface area contributed by atoms with Crippen molar-refractivity contribution in [3.8, 4) is 5.75 Å². The van der Waals surface area contributed by atoms with Crippen molar-refractivity contribution in [2.75, 3.05) is 32.6 Å². The average Bonchev–Trinajstić information content (AvgIpc) is 2.56. The Morgan fingerprint density at radius 1 is 1.26 bits per heavy atom. The highest BCUT2D eigenvalue weighted by Crippen LogP contribution is 2.15. The SMILES string of the molecule is CN(C)C(=O)c1ccc(NCCCOc2ccccc2F)nc1.